The highest BCUT2D eigenvalue weighted by Gasteiger charge is 2.32. The second-order valence-electron chi connectivity index (χ2n) is 6.67. The van der Waals surface area contributed by atoms with E-state index in [1.807, 2.05) is 37.3 Å². The van der Waals surface area contributed by atoms with Gasteiger partial charge in [-0.1, -0.05) is 36.9 Å². The van der Waals surface area contributed by atoms with Crippen LogP contribution in [0.2, 0.25) is 0 Å². The van der Waals surface area contributed by atoms with Crippen LogP contribution in [0, 0.1) is 0 Å². The molecule has 2 amide bonds. The predicted octanol–water partition coefficient (Wildman–Crippen LogP) is 2.91. The number of nitrogens with one attached hydrogen (secondary N) is 2. The summed E-state index contributed by atoms with van der Waals surface area (Å²) in [4.78, 5) is 23.9. The van der Waals surface area contributed by atoms with Crippen LogP contribution in [0.1, 0.15) is 51.0 Å². The van der Waals surface area contributed by atoms with Gasteiger partial charge in [0.2, 0.25) is 11.8 Å². The Hall–Kier alpha value is -2.10. The molecule has 124 valence electrons. The molecule has 2 N–H and O–H groups in total. The van der Waals surface area contributed by atoms with E-state index >= 15 is 0 Å². The zero-order chi connectivity index (χ0) is 16.9. The second-order valence-corrected chi connectivity index (χ2v) is 6.67. The normalized spacial score (nSPS) is 25.2. The summed E-state index contributed by atoms with van der Waals surface area (Å²) in [6.45, 7) is 7.48. The topological polar surface area (TPSA) is 58.2 Å². The molecule has 1 saturated carbocycles. The fourth-order valence-electron chi connectivity index (χ4n) is 3.09. The molecule has 0 aromatic heterocycles. The lowest BCUT2D eigenvalue weighted by Gasteiger charge is -2.38. The summed E-state index contributed by atoms with van der Waals surface area (Å²) < 4.78 is 0. The minimum absolute atomic E-state index is 0.0694. The van der Waals surface area contributed by atoms with Gasteiger partial charge in [0.25, 0.3) is 0 Å². The van der Waals surface area contributed by atoms with E-state index in [9.17, 15) is 9.59 Å². The first-order valence-electron chi connectivity index (χ1n) is 8.23. The number of carbonyl (C=O) groups excluding carboxylic acids is 2. The van der Waals surface area contributed by atoms with E-state index in [1.165, 1.54) is 6.08 Å². The number of hydrogen-bond acceptors (Lipinski definition) is 2. The van der Waals surface area contributed by atoms with E-state index in [-0.39, 0.29) is 29.3 Å². The van der Waals surface area contributed by atoms with Crippen LogP contribution in [0.5, 0.6) is 0 Å². The number of amides is 2. The van der Waals surface area contributed by atoms with Gasteiger partial charge in [0.15, 0.2) is 0 Å². The molecule has 0 saturated heterocycles. The fourth-order valence-corrected chi connectivity index (χ4v) is 3.09. The molecule has 0 heterocycles. The second kappa shape index (κ2) is 7.44. The van der Waals surface area contributed by atoms with E-state index in [0.29, 0.717) is 0 Å². The quantitative estimate of drug-likeness (QED) is 0.821. The maximum atomic E-state index is 12.4. The Morgan fingerprint density at radius 1 is 1.26 bits per heavy atom. The summed E-state index contributed by atoms with van der Waals surface area (Å²) in [6.07, 6.45) is 4.78. The molecule has 2 rings (SSSR count). The van der Waals surface area contributed by atoms with Crippen LogP contribution in [0.25, 0.3) is 0 Å². The minimum atomic E-state index is -0.197. The van der Waals surface area contributed by atoms with Crippen LogP contribution in [0.3, 0.4) is 0 Å². The van der Waals surface area contributed by atoms with Crippen molar-refractivity contribution in [1.82, 2.24) is 10.6 Å². The lowest BCUT2D eigenvalue weighted by molar-refractivity contribution is -0.123. The van der Waals surface area contributed by atoms with Crippen LogP contribution in [0.15, 0.2) is 43.0 Å². The average Bonchev–Trinajstić information content (AvgIpc) is 2.57. The largest absolute Gasteiger partial charge is 0.353 e. The third-order valence-electron chi connectivity index (χ3n) is 4.74. The molecule has 1 atom stereocenters. The molecule has 1 aromatic carbocycles. The van der Waals surface area contributed by atoms with E-state index in [2.05, 4.69) is 24.1 Å². The molecule has 4 heteroatoms. The molecule has 0 radical (unpaired) electrons. The SMILES string of the molecule is C=CC(=O)NC1(C)CCC(NC(=O)[C@@H](C)c2ccccc2)CC1. The Morgan fingerprint density at radius 3 is 2.43 bits per heavy atom. The summed E-state index contributed by atoms with van der Waals surface area (Å²) >= 11 is 0. The fraction of sp³-hybridized carbons (Fsp3) is 0.474. The van der Waals surface area contributed by atoms with Gasteiger partial charge in [0.1, 0.15) is 0 Å². The van der Waals surface area contributed by atoms with E-state index in [1.54, 1.807) is 0 Å². The number of hydrogen-bond donors (Lipinski definition) is 2. The van der Waals surface area contributed by atoms with Crippen molar-refractivity contribution >= 4 is 11.8 Å². The van der Waals surface area contributed by atoms with Crippen LogP contribution in [-0.2, 0) is 9.59 Å². The minimum Gasteiger partial charge on any atom is -0.353 e. The van der Waals surface area contributed by atoms with Crippen LogP contribution in [0.4, 0.5) is 0 Å². The summed E-state index contributed by atoms with van der Waals surface area (Å²) in [7, 11) is 0. The zero-order valence-corrected chi connectivity index (χ0v) is 14.0. The summed E-state index contributed by atoms with van der Waals surface area (Å²) in [5, 5.41) is 6.15. The van der Waals surface area contributed by atoms with Crippen molar-refractivity contribution in [3.63, 3.8) is 0 Å². The molecule has 0 unspecified atom stereocenters. The Kier molecular flexibility index (Phi) is 5.59. The molecule has 0 spiro atoms. The molecule has 1 fully saturated rings. The van der Waals surface area contributed by atoms with Crippen LogP contribution >= 0.6 is 0 Å². The van der Waals surface area contributed by atoms with Crippen molar-refractivity contribution in [3.8, 4) is 0 Å². The lowest BCUT2D eigenvalue weighted by Crippen LogP contribution is -2.51. The molecule has 1 aromatic rings. The molecule has 1 aliphatic rings. The first-order chi connectivity index (χ1) is 10.9. The molecular weight excluding hydrogens is 288 g/mol. The highest BCUT2D eigenvalue weighted by atomic mass is 16.2. The van der Waals surface area contributed by atoms with Crippen molar-refractivity contribution in [2.75, 3.05) is 0 Å². The molecular formula is C19H26N2O2. The maximum absolute atomic E-state index is 12.4. The molecule has 1 aliphatic carbocycles. The third-order valence-corrected chi connectivity index (χ3v) is 4.74. The first-order valence-corrected chi connectivity index (χ1v) is 8.23. The Morgan fingerprint density at radius 2 is 1.87 bits per heavy atom. The van der Waals surface area contributed by atoms with Gasteiger partial charge < -0.3 is 10.6 Å². The Balaban J connectivity index is 1.85. The van der Waals surface area contributed by atoms with Crippen molar-refractivity contribution in [3.05, 3.63) is 48.6 Å². The van der Waals surface area contributed by atoms with E-state index in [4.69, 9.17) is 0 Å². The van der Waals surface area contributed by atoms with Gasteiger partial charge in [-0.2, -0.15) is 0 Å². The van der Waals surface area contributed by atoms with Gasteiger partial charge in [-0.25, -0.2) is 0 Å². The van der Waals surface area contributed by atoms with E-state index in [0.717, 1.165) is 31.2 Å². The Bertz CT molecular complexity index is 560. The van der Waals surface area contributed by atoms with Gasteiger partial charge in [-0.05, 0) is 51.2 Å². The average molecular weight is 314 g/mol. The van der Waals surface area contributed by atoms with Gasteiger partial charge in [0, 0.05) is 11.6 Å². The third kappa shape index (κ3) is 4.68. The van der Waals surface area contributed by atoms with E-state index < -0.39 is 0 Å². The molecule has 23 heavy (non-hydrogen) atoms. The predicted molar refractivity (Wildman–Crippen MR) is 92.0 cm³/mol. The zero-order valence-electron chi connectivity index (χ0n) is 14.0. The van der Waals surface area contributed by atoms with Crippen molar-refractivity contribution in [2.45, 2.75) is 57.0 Å². The molecule has 0 aliphatic heterocycles. The number of benzene rings is 1. The van der Waals surface area contributed by atoms with Crippen LogP contribution in [-0.4, -0.2) is 23.4 Å². The summed E-state index contributed by atoms with van der Waals surface area (Å²) in [5.74, 6) is -0.211. The maximum Gasteiger partial charge on any atom is 0.243 e. The lowest BCUT2D eigenvalue weighted by atomic mass is 9.80. The van der Waals surface area contributed by atoms with Gasteiger partial charge in [0.05, 0.1) is 5.92 Å². The standard InChI is InChI=1S/C19H26N2O2/c1-4-17(22)21-19(3)12-10-16(11-13-19)20-18(23)14(2)15-8-6-5-7-9-15/h4-9,14,16H,1,10-13H2,2-3H3,(H,20,23)(H,21,22)/t14-,16?,19?/m0/s1. The first kappa shape index (κ1) is 17.3. The Labute approximate surface area is 138 Å². The van der Waals surface area contributed by atoms with Crippen molar-refractivity contribution in [1.29, 1.82) is 0 Å². The molecule has 4 nitrogen and oxygen atoms in total. The monoisotopic (exact) mass is 314 g/mol. The highest BCUT2D eigenvalue weighted by molar-refractivity contribution is 5.87. The smallest absolute Gasteiger partial charge is 0.243 e. The van der Waals surface area contributed by atoms with Crippen LogP contribution < -0.4 is 10.6 Å². The summed E-state index contributed by atoms with van der Waals surface area (Å²) in [6, 6.07) is 10.00. The molecule has 0 bridgehead atoms. The van der Waals surface area contributed by atoms with Gasteiger partial charge >= 0.3 is 0 Å². The number of rotatable bonds is 5. The highest BCUT2D eigenvalue weighted by Crippen LogP contribution is 2.28. The van der Waals surface area contributed by atoms with Gasteiger partial charge in [-0.3, -0.25) is 9.59 Å². The summed E-state index contributed by atoms with van der Waals surface area (Å²) in [5.41, 5.74) is 0.835. The van der Waals surface area contributed by atoms with Gasteiger partial charge in [-0.15, -0.1) is 0 Å². The van der Waals surface area contributed by atoms with Crippen molar-refractivity contribution in [2.24, 2.45) is 0 Å². The number of carbonyl (C=O) groups is 2. The van der Waals surface area contributed by atoms with Crippen molar-refractivity contribution < 1.29 is 9.59 Å².